The summed E-state index contributed by atoms with van der Waals surface area (Å²) in [5.74, 6) is 3.69. The molecule has 7 heteroatoms. The van der Waals surface area contributed by atoms with E-state index in [4.69, 9.17) is 17.3 Å². The van der Waals surface area contributed by atoms with Crippen LogP contribution in [0.4, 0.5) is 0 Å². The molecule has 0 aliphatic heterocycles. The SMILES string of the molecule is CC(=O)[C@@H]1CCCCC1C(=O)N(N)C(CN)C(N)=O. The lowest BCUT2D eigenvalue weighted by Gasteiger charge is -2.33. The van der Waals surface area contributed by atoms with Gasteiger partial charge in [-0.2, -0.15) is 0 Å². The summed E-state index contributed by atoms with van der Waals surface area (Å²) >= 11 is 0. The largest absolute Gasteiger partial charge is 0.368 e. The maximum absolute atomic E-state index is 12.3. The maximum Gasteiger partial charge on any atom is 0.243 e. The highest BCUT2D eigenvalue weighted by atomic mass is 16.2. The van der Waals surface area contributed by atoms with Gasteiger partial charge in [0.05, 0.1) is 0 Å². The van der Waals surface area contributed by atoms with Crippen molar-refractivity contribution in [2.45, 2.75) is 38.6 Å². The van der Waals surface area contributed by atoms with Crippen molar-refractivity contribution >= 4 is 17.6 Å². The third-order valence-electron chi connectivity index (χ3n) is 3.75. The monoisotopic (exact) mass is 270 g/mol. The van der Waals surface area contributed by atoms with Crippen molar-refractivity contribution in [3.63, 3.8) is 0 Å². The van der Waals surface area contributed by atoms with Gasteiger partial charge in [0, 0.05) is 18.4 Å². The van der Waals surface area contributed by atoms with Crippen LogP contribution in [0.25, 0.3) is 0 Å². The first-order valence-corrected chi connectivity index (χ1v) is 6.47. The average molecular weight is 270 g/mol. The van der Waals surface area contributed by atoms with Gasteiger partial charge in [-0.25, -0.2) is 5.84 Å². The van der Waals surface area contributed by atoms with Crippen LogP contribution >= 0.6 is 0 Å². The second kappa shape index (κ2) is 6.63. The van der Waals surface area contributed by atoms with E-state index in [-0.39, 0.29) is 18.2 Å². The summed E-state index contributed by atoms with van der Waals surface area (Å²) in [5, 5.41) is 0.800. The fraction of sp³-hybridized carbons (Fsp3) is 0.750. The molecule has 0 radical (unpaired) electrons. The van der Waals surface area contributed by atoms with Crippen molar-refractivity contribution in [2.75, 3.05) is 6.54 Å². The van der Waals surface area contributed by atoms with Gasteiger partial charge in [-0.3, -0.25) is 19.4 Å². The zero-order valence-electron chi connectivity index (χ0n) is 11.2. The lowest BCUT2D eigenvalue weighted by molar-refractivity contribution is -0.147. The molecule has 1 aliphatic rings. The normalized spacial score (nSPS) is 24.6. The highest BCUT2D eigenvalue weighted by Crippen LogP contribution is 2.32. The first kappa shape index (κ1) is 15.6. The molecule has 1 fully saturated rings. The number of hydrogen-bond acceptors (Lipinski definition) is 5. The topological polar surface area (TPSA) is 133 Å². The number of rotatable bonds is 5. The number of Topliss-reactive ketones (excluding diaryl/α,β-unsaturated/α-hetero) is 1. The average Bonchev–Trinajstić information content (AvgIpc) is 2.38. The van der Waals surface area contributed by atoms with Gasteiger partial charge in [-0.1, -0.05) is 12.8 Å². The van der Waals surface area contributed by atoms with E-state index < -0.39 is 23.8 Å². The third-order valence-corrected chi connectivity index (χ3v) is 3.75. The second-order valence-corrected chi connectivity index (χ2v) is 5.01. The Kier molecular flexibility index (Phi) is 5.44. The van der Waals surface area contributed by atoms with Gasteiger partial charge in [-0.05, 0) is 19.8 Å². The maximum atomic E-state index is 12.3. The zero-order valence-corrected chi connectivity index (χ0v) is 11.2. The van der Waals surface area contributed by atoms with E-state index in [2.05, 4.69) is 0 Å². The molecule has 2 amide bonds. The molecule has 3 atom stereocenters. The molecule has 108 valence electrons. The number of primary amides is 1. The predicted octanol–water partition coefficient (Wildman–Crippen LogP) is -1.10. The minimum atomic E-state index is -1.03. The van der Waals surface area contributed by atoms with Crippen LogP contribution in [0.3, 0.4) is 0 Å². The number of hydrazine groups is 1. The van der Waals surface area contributed by atoms with Gasteiger partial charge < -0.3 is 11.5 Å². The van der Waals surface area contributed by atoms with Gasteiger partial charge >= 0.3 is 0 Å². The Morgan fingerprint density at radius 3 is 2.16 bits per heavy atom. The van der Waals surface area contributed by atoms with Crippen LogP contribution in [0.1, 0.15) is 32.6 Å². The van der Waals surface area contributed by atoms with Gasteiger partial charge in [0.15, 0.2) is 0 Å². The summed E-state index contributed by atoms with van der Waals surface area (Å²) in [4.78, 5) is 35.1. The summed E-state index contributed by atoms with van der Waals surface area (Å²) in [7, 11) is 0. The van der Waals surface area contributed by atoms with E-state index in [1.807, 2.05) is 0 Å². The Morgan fingerprint density at radius 1 is 1.21 bits per heavy atom. The van der Waals surface area contributed by atoms with Crippen LogP contribution in [0, 0.1) is 11.8 Å². The zero-order chi connectivity index (χ0) is 14.6. The molecule has 6 N–H and O–H groups in total. The predicted molar refractivity (Wildman–Crippen MR) is 69.2 cm³/mol. The Morgan fingerprint density at radius 2 is 1.74 bits per heavy atom. The van der Waals surface area contributed by atoms with Gasteiger partial charge in [0.2, 0.25) is 11.8 Å². The van der Waals surface area contributed by atoms with Gasteiger partial charge in [0.25, 0.3) is 0 Å². The standard InChI is InChI=1S/C12H22N4O3/c1-7(17)8-4-2-3-5-9(8)12(19)16(15)10(6-13)11(14)18/h8-10H,2-6,13,15H2,1H3,(H2,14,18)/t8-,9?,10?/m0/s1. The van der Waals surface area contributed by atoms with E-state index in [0.717, 1.165) is 17.9 Å². The molecule has 19 heavy (non-hydrogen) atoms. The smallest absolute Gasteiger partial charge is 0.243 e. The minimum absolute atomic E-state index is 0.0187. The lowest BCUT2D eigenvalue weighted by Crippen LogP contribution is -2.58. The number of amides is 2. The van der Waals surface area contributed by atoms with Crippen molar-refractivity contribution < 1.29 is 14.4 Å². The fourth-order valence-corrected chi connectivity index (χ4v) is 2.62. The van der Waals surface area contributed by atoms with E-state index >= 15 is 0 Å². The highest BCUT2D eigenvalue weighted by Gasteiger charge is 2.38. The molecule has 0 saturated heterocycles. The van der Waals surface area contributed by atoms with Crippen molar-refractivity contribution in [2.24, 2.45) is 29.1 Å². The molecule has 0 heterocycles. The number of carbonyl (C=O) groups excluding carboxylic acids is 3. The van der Waals surface area contributed by atoms with Crippen LogP contribution in [0.5, 0.6) is 0 Å². The van der Waals surface area contributed by atoms with Crippen LogP contribution in [-0.4, -0.2) is 35.2 Å². The number of carbonyl (C=O) groups is 3. The lowest BCUT2D eigenvalue weighted by atomic mass is 9.76. The Bertz CT molecular complexity index is 372. The summed E-state index contributed by atoms with van der Waals surface area (Å²) in [5.41, 5.74) is 10.5. The molecule has 7 nitrogen and oxygen atoms in total. The second-order valence-electron chi connectivity index (χ2n) is 5.01. The Balaban J connectivity index is 2.84. The molecule has 0 bridgehead atoms. The number of hydrogen-bond donors (Lipinski definition) is 3. The Hall–Kier alpha value is -1.47. The first-order chi connectivity index (χ1) is 8.90. The van der Waals surface area contributed by atoms with Crippen molar-refractivity contribution in [3.8, 4) is 0 Å². The van der Waals surface area contributed by atoms with Crippen molar-refractivity contribution in [1.82, 2.24) is 5.01 Å². The van der Waals surface area contributed by atoms with E-state index in [9.17, 15) is 14.4 Å². The quantitative estimate of drug-likeness (QED) is 0.331. The summed E-state index contributed by atoms with van der Waals surface area (Å²) in [6, 6.07) is -1.03. The highest BCUT2D eigenvalue weighted by molar-refractivity contribution is 5.91. The molecule has 1 saturated carbocycles. The number of nitrogens with zero attached hydrogens (tertiary/aromatic N) is 1. The third kappa shape index (κ3) is 3.51. The van der Waals surface area contributed by atoms with E-state index in [0.29, 0.717) is 12.8 Å². The number of nitrogens with two attached hydrogens (primary N) is 3. The van der Waals surface area contributed by atoms with Crippen LogP contribution in [0.2, 0.25) is 0 Å². The van der Waals surface area contributed by atoms with E-state index in [1.54, 1.807) is 0 Å². The van der Waals surface area contributed by atoms with E-state index in [1.165, 1.54) is 6.92 Å². The summed E-state index contributed by atoms with van der Waals surface area (Å²) < 4.78 is 0. The molecular weight excluding hydrogens is 248 g/mol. The summed E-state index contributed by atoms with van der Waals surface area (Å²) in [6.07, 6.45) is 3.09. The molecule has 0 aromatic rings. The minimum Gasteiger partial charge on any atom is -0.368 e. The molecule has 0 spiro atoms. The van der Waals surface area contributed by atoms with Crippen LogP contribution in [0.15, 0.2) is 0 Å². The molecule has 0 aromatic carbocycles. The molecule has 1 aliphatic carbocycles. The fourth-order valence-electron chi connectivity index (χ4n) is 2.62. The molecule has 1 rings (SSSR count). The van der Waals surface area contributed by atoms with Crippen molar-refractivity contribution in [3.05, 3.63) is 0 Å². The van der Waals surface area contributed by atoms with Gasteiger partial charge in [0.1, 0.15) is 11.8 Å². The molecule has 0 aromatic heterocycles. The first-order valence-electron chi connectivity index (χ1n) is 6.47. The number of ketones is 1. The van der Waals surface area contributed by atoms with Gasteiger partial charge in [-0.15, -0.1) is 0 Å². The summed E-state index contributed by atoms with van der Waals surface area (Å²) in [6.45, 7) is 1.35. The Labute approximate surface area is 112 Å². The molecular formula is C12H22N4O3. The van der Waals surface area contributed by atoms with Crippen molar-refractivity contribution in [1.29, 1.82) is 0 Å². The van der Waals surface area contributed by atoms with Crippen LogP contribution < -0.4 is 17.3 Å². The molecule has 2 unspecified atom stereocenters. The van der Waals surface area contributed by atoms with Crippen LogP contribution in [-0.2, 0) is 14.4 Å².